The summed E-state index contributed by atoms with van der Waals surface area (Å²) >= 11 is 0. The lowest BCUT2D eigenvalue weighted by atomic mass is 10.2. The van der Waals surface area contributed by atoms with Crippen LogP contribution in [0.1, 0.15) is 42.1 Å². The second kappa shape index (κ2) is 9.35. The summed E-state index contributed by atoms with van der Waals surface area (Å²) < 4.78 is 5.69. The molecule has 2 rings (SSSR count). The molecule has 0 radical (unpaired) electrons. The molecular formula is C18H21N3O2. The number of pyridine rings is 1. The molecule has 0 aliphatic carbocycles. The lowest BCUT2D eigenvalue weighted by Gasteiger charge is -2.06. The SMILES string of the molecule is CCCCCOc1cccc(/C=N\NC(=O)c2ccncc2)c1. The molecule has 0 saturated carbocycles. The van der Waals surface area contributed by atoms with Gasteiger partial charge in [0, 0.05) is 18.0 Å². The number of ether oxygens (including phenoxy) is 1. The monoisotopic (exact) mass is 311 g/mol. The fourth-order valence-corrected chi connectivity index (χ4v) is 1.96. The number of amides is 1. The Balaban J connectivity index is 1.86. The Hall–Kier alpha value is -2.69. The summed E-state index contributed by atoms with van der Waals surface area (Å²) in [5.41, 5.74) is 3.88. The summed E-state index contributed by atoms with van der Waals surface area (Å²) in [4.78, 5) is 15.7. The van der Waals surface area contributed by atoms with Crippen LogP contribution in [-0.2, 0) is 0 Å². The molecule has 0 saturated heterocycles. The number of benzene rings is 1. The van der Waals surface area contributed by atoms with Crippen LogP contribution in [0, 0.1) is 0 Å². The molecule has 5 heteroatoms. The van der Waals surface area contributed by atoms with Crippen LogP contribution >= 0.6 is 0 Å². The molecule has 0 unspecified atom stereocenters. The summed E-state index contributed by atoms with van der Waals surface area (Å²) in [6.07, 6.45) is 8.13. The van der Waals surface area contributed by atoms with Gasteiger partial charge in [0.1, 0.15) is 5.75 Å². The van der Waals surface area contributed by atoms with Gasteiger partial charge in [-0.3, -0.25) is 9.78 Å². The Morgan fingerprint density at radius 3 is 2.87 bits per heavy atom. The Morgan fingerprint density at radius 1 is 1.26 bits per heavy atom. The first-order valence-corrected chi connectivity index (χ1v) is 7.76. The van der Waals surface area contributed by atoms with Gasteiger partial charge in [0.2, 0.25) is 0 Å². The highest BCUT2D eigenvalue weighted by atomic mass is 16.5. The topological polar surface area (TPSA) is 63.6 Å². The van der Waals surface area contributed by atoms with Crippen LogP contribution in [0.5, 0.6) is 5.75 Å². The molecule has 0 fully saturated rings. The van der Waals surface area contributed by atoms with Crippen molar-refractivity contribution in [3.05, 3.63) is 59.9 Å². The lowest BCUT2D eigenvalue weighted by Crippen LogP contribution is -2.17. The number of nitrogens with zero attached hydrogens (tertiary/aromatic N) is 2. The van der Waals surface area contributed by atoms with Crippen molar-refractivity contribution in [3.8, 4) is 5.75 Å². The van der Waals surface area contributed by atoms with Crippen LogP contribution in [0.2, 0.25) is 0 Å². The van der Waals surface area contributed by atoms with Crippen LogP contribution < -0.4 is 10.2 Å². The number of hydrogen-bond donors (Lipinski definition) is 1. The van der Waals surface area contributed by atoms with Crippen LogP contribution in [0.15, 0.2) is 53.9 Å². The molecule has 1 N–H and O–H groups in total. The van der Waals surface area contributed by atoms with Gasteiger partial charge in [-0.25, -0.2) is 5.43 Å². The highest BCUT2D eigenvalue weighted by Crippen LogP contribution is 2.12. The molecule has 1 aromatic heterocycles. The van der Waals surface area contributed by atoms with Gasteiger partial charge in [-0.05, 0) is 36.2 Å². The number of aromatic nitrogens is 1. The van der Waals surface area contributed by atoms with E-state index in [1.165, 1.54) is 12.8 Å². The molecule has 0 spiro atoms. The van der Waals surface area contributed by atoms with E-state index in [1.54, 1.807) is 30.7 Å². The molecule has 0 aliphatic heterocycles. The van der Waals surface area contributed by atoms with Gasteiger partial charge in [-0.1, -0.05) is 31.9 Å². The maximum Gasteiger partial charge on any atom is 0.271 e. The predicted octanol–water partition coefficient (Wildman–Crippen LogP) is 3.41. The third kappa shape index (κ3) is 5.90. The van der Waals surface area contributed by atoms with Gasteiger partial charge in [-0.15, -0.1) is 0 Å². The highest BCUT2D eigenvalue weighted by Gasteiger charge is 2.02. The maximum atomic E-state index is 11.8. The van der Waals surface area contributed by atoms with E-state index in [0.29, 0.717) is 12.2 Å². The van der Waals surface area contributed by atoms with Gasteiger partial charge >= 0.3 is 0 Å². The van der Waals surface area contributed by atoms with Gasteiger partial charge in [0.25, 0.3) is 5.91 Å². The number of carbonyl (C=O) groups excluding carboxylic acids is 1. The first kappa shape index (κ1) is 16.7. The molecule has 5 nitrogen and oxygen atoms in total. The van der Waals surface area contributed by atoms with Crippen LogP contribution in [0.4, 0.5) is 0 Å². The Labute approximate surface area is 136 Å². The third-order valence-corrected chi connectivity index (χ3v) is 3.20. The van der Waals surface area contributed by atoms with Crippen molar-refractivity contribution in [2.24, 2.45) is 5.10 Å². The average molecular weight is 311 g/mol. The summed E-state index contributed by atoms with van der Waals surface area (Å²) in [6.45, 7) is 2.88. The molecule has 23 heavy (non-hydrogen) atoms. The molecule has 120 valence electrons. The van der Waals surface area contributed by atoms with Crippen molar-refractivity contribution >= 4 is 12.1 Å². The Morgan fingerprint density at radius 2 is 2.09 bits per heavy atom. The standard InChI is InChI=1S/C18H21N3O2/c1-2-3-4-12-23-17-7-5-6-15(13-17)14-20-21-18(22)16-8-10-19-11-9-16/h5-11,13-14H,2-4,12H2,1H3,(H,21,22)/b20-14-. The van der Waals surface area contributed by atoms with E-state index >= 15 is 0 Å². The lowest BCUT2D eigenvalue weighted by molar-refractivity contribution is 0.0955. The number of rotatable bonds is 8. The van der Waals surface area contributed by atoms with Crippen molar-refractivity contribution in [1.82, 2.24) is 10.4 Å². The van der Waals surface area contributed by atoms with Crippen LogP contribution in [0.25, 0.3) is 0 Å². The molecule has 1 heterocycles. The van der Waals surface area contributed by atoms with Crippen molar-refractivity contribution in [2.45, 2.75) is 26.2 Å². The number of carbonyl (C=O) groups is 1. The quantitative estimate of drug-likeness (QED) is 0.461. The average Bonchev–Trinajstić information content (AvgIpc) is 2.60. The van der Waals surface area contributed by atoms with E-state index in [2.05, 4.69) is 22.4 Å². The Bertz CT molecular complexity index is 642. The minimum Gasteiger partial charge on any atom is -0.494 e. The zero-order valence-electron chi connectivity index (χ0n) is 13.2. The van der Waals surface area contributed by atoms with Crippen molar-refractivity contribution < 1.29 is 9.53 Å². The summed E-state index contributed by atoms with van der Waals surface area (Å²) in [6, 6.07) is 10.9. The van der Waals surface area contributed by atoms with Gasteiger partial charge in [0.05, 0.1) is 12.8 Å². The van der Waals surface area contributed by atoms with E-state index in [9.17, 15) is 4.79 Å². The first-order chi connectivity index (χ1) is 11.3. The van der Waals surface area contributed by atoms with E-state index < -0.39 is 0 Å². The minimum atomic E-state index is -0.268. The summed E-state index contributed by atoms with van der Waals surface area (Å²) in [7, 11) is 0. The van der Waals surface area contributed by atoms with Crippen molar-refractivity contribution in [3.63, 3.8) is 0 Å². The van der Waals surface area contributed by atoms with Crippen LogP contribution in [-0.4, -0.2) is 23.7 Å². The van der Waals surface area contributed by atoms with Crippen molar-refractivity contribution in [1.29, 1.82) is 0 Å². The zero-order chi connectivity index (χ0) is 16.3. The second-order valence-electron chi connectivity index (χ2n) is 5.06. The molecule has 1 amide bonds. The number of hydrazone groups is 1. The Kier molecular flexibility index (Phi) is 6.78. The zero-order valence-corrected chi connectivity index (χ0v) is 13.2. The maximum absolute atomic E-state index is 11.8. The van der Waals surface area contributed by atoms with Crippen LogP contribution in [0.3, 0.4) is 0 Å². The smallest absolute Gasteiger partial charge is 0.271 e. The molecule has 0 atom stereocenters. The number of unbranched alkanes of at least 4 members (excludes halogenated alkanes) is 2. The van der Waals surface area contributed by atoms with E-state index in [4.69, 9.17) is 4.74 Å². The van der Waals surface area contributed by atoms with Gasteiger partial charge < -0.3 is 4.74 Å². The fraction of sp³-hybridized carbons (Fsp3) is 0.278. The highest BCUT2D eigenvalue weighted by molar-refractivity contribution is 5.94. The van der Waals surface area contributed by atoms with Gasteiger partial charge in [0.15, 0.2) is 0 Å². The third-order valence-electron chi connectivity index (χ3n) is 3.20. The number of nitrogens with one attached hydrogen (secondary N) is 1. The summed E-state index contributed by atoms with van der Waals surface area (Å²) in [5, 5.41) is 3.97. The minimum absolute atomic E-state index is 0.268. The molecule has 0 aliphatic rings. The van der Waals surface area contributed by atoms with E-state index in [1.807, 2.05) is 24.3 Å². The molecule has 0 bridgehead atoms. The number of hydrogen-bond acceptors (Lipinski definition) is 4. The van der Waals surface area contributed by atoms with Crippen molar-refractivity contribution in [2.75, 3.05) is 6.61 Å². The van der Waals surface area contributed by atoms with Gasteiger partial charge in [-0.2, -0.15) is 5.10 Å². The largest absolute Gasteiger partial charge is 0.494 e. The summed E-state index contributed by atoms with van der Waals surface area (Å²) in [5.74, 6) is 0.543. The first-order valence-electron chi connectivity index (χ1n) is 7.76. The molecule has 1 aromatic carbocycles. The normalized spacial score (nSPS) is 10.7. The molecular weight excluding hydrogens is 290 g/mol. The predicted molar refractivity (Wildman–Crippen MR) is 90.8 cm³/mol. The van der Waals surface area contributed by atoms with E-state index in [0.717, 1.165) is 17.7 Å². The second-order valence-corrected chi connectivity index (χ2v) is 5.06. The fourth-order valence-electron chi connectivity index (χ4n) is 1.96. The molecule has 2 aromatic rings. The van der Waals surface area contributed by atoms with E-state index in [-0.39, 0.29) is 5.91 Å².